The fourth-order valence-corrected chi connectivity index (χ4v) is 5.28. The van der Waals surface area contributed by atoms with Gasteiger partial charge >= 0.3 is 6.03 Å². The van der Waals surface area contributed by atoms with Crippen LogP contribution in [-0.4, -0.2) is 86.7 Å². The number of hydrogen-bond donors (Lipinski definition) is 1. The number of likely N-dealkylation sites (tertiary alicyclic amines) is 1. The van der Waals surface area contributed by atoms with E-state index in [1.54, 1.807) is 0 Å². The van der Waals surface area contributed by atoms with Crippen LogP contribution in [-0.2, 0) is 0 Å². The Hall–Kier alpha value is -1.79. The van der Waals surface area contributed by atoms with E-state index in [-0.39, 0.29) is 6.03 Å². The van der Waals surface area contributed by atoms with Crippen LogP contribution in [0.4, 0.5) is 16.2 Å². The number of amides is 2. The molecular weight excluding hydrogens is 374 g/mol. The number of piperidine rings is 1. The van der Waals surface area contributed by atoms with Gasteiger partial charge in [0.25, 0.3) is 0 Å². The van der Waals surface area contributed by atoms with Crippen molar-refractivity contribution in [2.24, 2.45) is 5.92 Å². The predicted molar refractivity (Wildman–Crippen MR) is 124 cm³/mol. The molecule has 2 saturated heterocycles. The molecule has 3 aliphatic rings. The second-order valence-corrected chi connectivity index (χ2v) is 9.53. The first-order chi connectivity index (χ1) is 14.6. The van der Waals surface area contributed by atoms with Crippen LogP contribution < -0.4 is 10.2 Å². The van der Waals surface area contributed by atoms with Gasteiger partial charge in [0.05, 0.1) is 11.4 Å². The minimum atomic E-state index is 0.0559. The highest BCUT2D eigenvalue weighted by Gasteiger charge is 2.27. The lowest BCUT2D eigenvalue weighted by Crippen LogP contribution is -2.48. The maximum absolute atomic E-state index is 13.0. The number of nitrogens with zero attached hydrogens (tertiary/aromatic N) is 4. The molecule has 0 bridgehead atoms. The number of urea groups is 1. The van der Waals surface area contributed by atoms with Crippen LogP contribution in [0, 0.1) is 5.92 Å². The van der Waals surface area contributed by atoms with Crippen LogP contribution in [0.3, 0.4) is 0 Å². The third-order valence-corrected chi connectivity index (χ3v) is 7.41. The zero-order valence-electron chi connectivity index (χ0n) is 18.9. The Morgan fingerprint density at radius 1 is 1.00 bits per heavy atom. The number of para-hydroxylation sites is 2. The Morgan fingerprint density at radius 2 is 1.67 bits per heavy atom. The quantitative estimate of drug-likeness (QED) is 0.802. The summed E-state index contributed by atoms with van der Waals surface area (Å²) in [5.74, 6) is 0.721. The maximum Gasteiger partial charge on any atom is 0.321 e. The average Bonchev–Trinajstić information content (AvgIpc) is 3.31. The third kappa shape index (κ3) is 5.27. The lowest BCUT2D eigenvalue weighted by Gasteiger charge is -2.38. The first-order valence-electron chi connectivity index (χ1n) is 11.9. The summed E-state index contributed by atoms with van der Waals surface area (Å²) in [6.45, 7) is 7.64. The molecule has 4 rings (SSSR count). The maximum atomic E-state index is 13.0. The molecule has 0 radical (unpaired) electrons. The molecule has 6 nitrogen and oxygen atoms in total. The highest BCUT2D eigenvalue weighted by Crippen LogP contribution is 2.32. The predicted octanol–water partition coefficient (Wildman–Crippen LogP) is 3.56. The number of rotatable bonds is 5. The van der Waals surface area contributed by atoms with Gasteiger partial charge in [0.2, 0.25) is 0 Å². The summed E-state index contributed by atoms with van der Waals surface area (Å²) in [4.78, 5) is 22.4. The van der Waals surface area contributed by atoms with E-state index < -0.39 is 0 Å². The second-order valence-electron chi connectivity index (χ2n) is 9.53. The molecule has 0 aromatic heterocycles. The number of carbonyl (C=O) groups excluding carboxylic acids is 1. The van der Waals surface area contributed by atoms with Crippen LogP contribution in [0.2, 0.25) is 0 Å². The molecule has 0 atom stereocenters. The molecule has 6 heteroatoms. The van der Waals surface area contributed by atoms with E-state index in [1.165, 1.54) is 58.4 Å². The van der Waals surface area contributed by atoms with Gasteiger partial charge in [-0.3, -0.25) is 0 Å². The molecule has 0 spiro atoms. The standard InChI is InChI=1S/C24H39N5O/c1-26-15-17-28(18-16-26)19-20-11-13-29(14-12-20)24(30)25-22-9-5-6-10-23(22)27(2)21-7-3-4-8-21/h5-6,9-10,20-21H,3-4,7-8,11-19H2,1-2H3,(H,25,30). The van der Waals surface area contributed by atoms with Crippen molar-refractivity contribution in [3.8, 4) is 0 Å². The van der Waals surface area contributed by atoms with Gasteiger partial charge in [-0.1, -0.05) is 25.0 Å². The van der Waals surface area contributed by atoms with E-state index in [0.717, 1.165) is 43.2 Å². The molecule has 166 valence electrons. The Morgan fingerprint density at radius 3 is 2.37 bits per heavy atom. The molecule has 1 aromatic rings. The van der Waals surface area contributed by atoms with Crippen LogP contribution in [0.25, 0.3) is 0 Å². The average molecular weight is 414 g/mol. The fourth-order valence-electron chi connectivity index (χ4n) is 5.28. The summed E-state index contributed by atoms with van der Waals surface area (Å²) in [5, 5.41) is 3.22. The molecule has 1 N–H and O–H groups in total. The Kier molecular flexibility index (Phi) is 7.16. The highest BCUT2D eigenvalue weighted by molar-refractivity contribution is 5.93. The van der Waals surface area contributed by atoms with Gasteiger partial charge in [-0.15, -0.1) is 0 Å². The summed E-state index contributed by atoms with van der Waals surface area (Å²) in [5.41, 5.74) is 2.08. The molecule has 3 fully saturated rings. The van der Waals surface area contributed by atoms with Crippen molar-refractivity contribution >= 4 is 17.4 Å². The van der Waals surface area contributed by atoms with Crippen molar-refractivity contribution in [2.75, 3.05) is 70.1 Å². The zero-order chi connectivity index (χ0) is 20.9. The molecule has 2 amide bonds. The highest BCUT2D eigenvalue weighted by atomic mass is 16.2. The first kappa shape index (κ1) is 21.4. The summed E-state index contributed by atoms with van der Waals surface area (Å²) in [6.07, 6.45) is 7.35. The molecule has 1 aromatic carbocycles. The molecule has 2 heterocycles. The number of hydrogen-bond acceptors (Lipinski definition) is 4. The van der Waals surface area contributed by atoms with Gasteiger partial charge in [-0.25, -0.2) is 4.79 Å². The van der Waals surface area contributed by atoms with Crippen molar-refractivity contribution in [3.05, 3.63) is 24.3 Å². The summed E-state index contributed by atoms with van der Waals surface area (Å²) < 4.78 is 0. The summed E-state index contributed by atoms with van der Waals surface area (Å²) in [6, 6.07) is 8.91. The van der Waals surface area contributed by atoms with Crippen LogP contribution in [0.15, 0.2) is 24.3 Å². The van der Waals surface area contributed by atoms with Crippen LogP contribution in [0.5, 0.6) is 0 Å². The molecule has 0 unspecified atom stereocenters. The van der Waals surface area contributed by atoms with E-state index in [4.69, 9.17) is 0 Å². The van der Waals surface area contributed by atoms with E-state index in [0.29, 0.717) is 6.04 Å². The number of piperazine rings is 1. The molecule has 1 aliphatic carbocycles. The third-order valence-electron chi connectivity index (χ3n) is 7.41. The summed E-state index contributed by atoms with van der Waals surface area (Å²) in [7, 11) is 4.38. The van der Waals surface area contributed by atoms with E-state index in [2.05, 4.69) is 46.2 Å². The monoisotopic (exact) mass is 413 g/mol. The molecule has 1 saturated carbocycles. The number of likely N-dealkylation sites (N-methyl/N-ethyl adjacent to an activating group) is 1. The van der Waals surface area contributed by atoms with Crippen molar-refractivity contribution in [1.29, 1.82) is 0 Å². The number of benzene rings is 1. The van der Waals surface area contributed by atoms with Crippen molar-refractivity contribution in [3.63, 3.8) is 0 Å². The fraction of sp³-hybridized carbons (Fsp3) is 0.708. The molecule has 2 aliphatic heterocycles. The number of nitrogens with one attached hydrogen (secondary N) is 1. The molecule has 30 heavy (non-hydrogen) atoms. The van der Waals surface area contributed by atoms with E-state index >= 15 is 0 Å². The molecular formula is C24H39N5O. The lowest BCUT2D eigenvalue weighted by atomic mass is 9.96. The minimum Gasteiger partial charge on any atom is -0.370 e. The Balaban J connectivity index is 1.28. The number of carbonyl (C=O) groups is 1. The van der Waals surface area contributed by atoms with Gasteiger partial charge in [-0.2, -0.15) is 0 Å². The van der Waals surface area contributed by atoms with Gasteiger partial charge in [-0.05, 0) is 50.8 Å². The van der Waals surface area contributed by atoms with E-state index in [9.17, 15) is 4.79 Å². The van der Waals surface area contributed by atoms with E-state index in [1.807, 2.05) is 17.0 Å². The Bertz CT molecular complexity index is 689. The van der Waals surface area contributed by atoms with Crippen molar-refractivity contribution < 1.29 is 4.79 Å². The normalized spacial score (nSPS) is 22.4. The zero-order valence-corrected chi connectivity index (χ0v) is 18.9. The van der Waals surface area contributed by atoms with Gasteiger partial charge in [0, 0.05) is 58.9 Å². The summed E-state index contributed by atoms with van der Waals surface area (Å²) >= 11 is 0. The van der Waals surface area contributed by atoms with Crippen molar-refractivity contribution in [2.45, 2.75) is 44.6 Å². The van der Waals surface area contributed by atoms with Gasteiger partial charge < -0.3 is 24.9 Å². The second kappa shape index (κ2) is 10.0. The largest absolute Gasteiger partial charge is 0.370 e. The van der Waals surface area contributed by atoms with Crippen LogP contribution in [0.1, 0.15) is 38.5 Å². The topological polar surface area (TPSA) is 42.1 Å². The van der Waals surface area contributed by atoms with Crippen LogP contribution >= 0.6 is 0 Å². The number of anilines is 2. The van der Waals surface area contributed by atoms with Crippen molar-refractivity contribution in [1.82, 2.24) is 14.7 Å². The SMILES string of the molecule is CN1CCN(CC2CCN(C(=O)Nc3ccccc3N(C)C3CCCC3)CC2)CC1. The van der Waals surface area contributed by atoms with Gasteiger partial charge in [0.15, 0.2) is 0 Å². The Labute approximate surface area is 182 Å². The lowest BCUT2D eigenvalue weighted by molar-refractivity contribution is 0.113. The first-order valence-corrected chi connectivity index (χ1v) is 11.9. The smallest absolute Gasteiger partial charge is 0.321 e. The van der Waals surface area contributed by atoms with Gasteiger partial charge in [0.1, 0.15) is 0 Å². The minimum absolute atomic E-state index is 0.0559.